The first kappa shape index (κ1) is 14.6. The van der Waals surface area contributed by atoms with Crippen LogP contribution in [0.3, 0.4) is 0 Å². The summed E-state index contributed by atoms with van der Waals surface area (Å²) in [5.74, 6) is 0.595. The Morgan fingerprint density at radius 1 is 1.23 bits per heavy atom. The van der Waals surface area contributed by atoms with Crippen molar-refractivity contribution in [2.45, 2.75) is 13.8 Å². The number of nitrogens with one attached hydrogen (secondary N) is 1. The van der Waals surface area contributed by atoms with Gasteiger partial charge in [-0.05, 0) is 37.6 Å². The Morgan fingerprint density at radius 2 is 2.05 bits per heavy atom. The largest absolute Gasteiger partial charge is 0.492 e. The summed E-state index contributed by atoms with van der Waals surface area (Å²) in [6.07, 6.45) is 0. The lowest BCUT2D eigenvalue weighted by Crippen LogP contribution is -2.12. The van der Waals surface area contributed by atoms with Crippen molar-refractivity contribution in [3.8, 4) is 5.75 Å². The highest BCUT2D eigenvalue weighted by Crippen LogP contribution is 2.29. The van der Waals surface area contributed by atoms with Gasteiger partial charge >= 0.3 is 0 Å². The molecule has 4 heteroatoms. The third-order valence-corrected chi connectivity index (χ3v) is 4.37. The molecule has 1 aromatic heterocycles. The van der Waals surface area contributed by atoms with Gasteiger partial charge in [-0.15, -0.1) is 11.3 Å². The fraction of sp³-hybridized carbons (Fsp3) is 0.167. The smallest absolute Gasteiger partial charge is 0.257 e. The molecule has 22 heavy (non-hydrogen) atoms. The standard InChI is InChI=1S/C18H17NO2S/c1-3-21-16-10-12(2)8-9-15(16)19-18(20)14-11-22-17-7-5-4-6-13(14)17/h4-11H,3H2,1-2H3,(H,19,20). The molecule has 0 aliphatic heterocycles. The molecule has 1 amide bonds. The minimum absolute atomic E-state index is 0.109. The van der Waals surface area contributed by atoms with Crippen molar-refractivity contribution in [2.75, 3.05) is 11.9 Å². The van der Waals surface area contributed by atoms with Crippen LogP contribution in [-0.2, 0) is 0 Å². The van der Waals surface area contributed by atoms with Crippen molar-refractivity contribution in [3.05, 3.63) is 59.0 Å². The average molecular weight is 311 g/mol. The summed E-state index contributed by atoms with van der Waals surface area (Å²) in [4.78, 5) is 12.6. The van der Waals surface area contributed by atoms with Crippen molar-refractivity contribution >= 4 is 33.0 Å². The molecule has 0 aliphatic carbocycles. The van der Waals surface area contributed by atoms with Crippen molar-refractivity contribution in [3.63, 3.8) is 0 Å². The number of anilines is 1. The number of aryl methyl sites for hydroxylation is 1. The Hall–Kier alpha value is -2.33. The van der Waals surface area contributed by atoms with Gasteiger partial charge in [-0.25, -0.2) is 0 Å². The molecule has 3 nitrogen and oxygen atoms in total. The van der Waals surface area contributed by atoms with E-state index < -0.39 is 0 Å². The Bertz CT molecular complexity index is 823. The van der Waals surface area contributed by atoms with Crippen LogP contribution in [0, 0.1) is 6.92 Å². The average Bonchev–Trinajstić information content (AvgIpc) is 2.94. The van der Waals surface area contributed by atoms with Crippen LogP contribution in [0.5, 0.6) is 5.75 Å². The molecule has 0 spiro atoms. The molecular formula is C18H17NO2S. The fourth-order valence-electron chi connectivity index (χ4n) is 2.35. The van der Waals surface area contributed by atoms with Crippen molar-refractivity contribution < 1.29 is 9.53 Å². The fourth-order valence-corrected chi connectivity index (χ4v) is 3.29. The van der Waals surface area contributed by atoms with Gasteiger partial charge in [0, 0.05) is 15.5 Å². The second-order valence-corrected chi connectivity index (χ2v) is 5.94. The SMILES string of the molecule is CCOc1cc(C)ccc1NC(=O)c1csc2ccccc12. The third-order valence-electron chi connectivity index (χ3n) is 3.41. The van der Waals surface area contributed by atoms with E-state index in [1.54, 1.807) is 11.3 Å². The van der Waals surface area contributed by atoms with Gasteiger partial charge in [-0.2, -0.15) is 0 Å². The summed E-state index contributed by atoms with van der Waals surface area (Å²) in [7, 11) is 0. The van der Waals surface area contributed by atoms with Gasteiger partial charge in [0.15, 0.2) is 0 Å². The number of hydrogen-bond acceptors (Lipinski definition) is 3. The lowest BCUT2D eigenvalue weighted by atomic mass is 10.1. The van der Waals surface area contributed by atoms with E-state index in [0.717, 1.165) is 15.6 Å². The topological polar surface area (TPSA) is 38.3 Å². The number of fused-ring (bicyclic) bond motifs is 1. The second-order valence-electron chi connectivity index (χ2n) is 5.03. The minimum atomic E-state index is -0.109. The molecule has 0 saturated heterocycles. The van der Waals surface area contributed by atoms with Gasteiger partial charge in [0.05, 0.1) is 17.9 Å². The lowest BCUT2D eigenvalue weighted by Gasteiger charge is -2.12. The molecule has 0 bridgehead atoms. The maximum absolute atomic E-state index is 12.6. The van der Waals surface area contributed by atoms with Gasteiger partial charge < -0.3 is 10.1 Å². The molecule has 0 aliphatic rings. The first-order valence-electron chi connectivity index (χ1n) is 7.20. The summed E-state index contributed by atoms with van der Waals surface area (Å²) in [5, 5.41) is 5.84. The van der Waals surface area contributed by atoms with Crippen LogP contribution in [0.1, 0.15) is 22.8 Å². The Balaban J connectivity index is 1.91. The highest BCUT2D eigenvalue weighted by Gasteiger charge is 2.14. The number of benzene rings is 2. The van der Waals surface area contributed by atoms with Crippen LogP contribution in [0.4, 0.5) is 5.69 Å². The molecule has 1 N–H and O–H groups in total. The molecule has 0 saturated carbocycles. The number of thiophene rings is 1. The number of carbonyl (C=O) groups excluding carboxylic acids is 1. The maximum Gasteiger partial charge on any atom is 0.257 e. The van der Waals surface area contributed by atoms with E-state index in [2.05, 4.69) is 5.32 Å². The number of rotatable bonds is 4. The zero-order valence-electron chi connectivity index (χ0n) is 12.6. The monoisotopic (exact) mass is 311 g/mol. The highest BCUT2D eigenvalue weighted by atomic mass is 32.1. The number of carbonyl (C=O) groups is 1. The van der Waals surface area contributed by atoms with Gasteiger partial charge in [-0.1, -0.05) is 24.3 Å². The van der Waals surface area contributed by atoms with Gasteiger partial charge in [0.1, 0.15) is 5.75 Å². The van der Waals surface area contributed by atoms with Crippen LogP contribution >= 0.6 is 11.3 Å². The van der Waals surface area contributed by atoms with E-state index in [4.69, 9.17) is 4.74 Å². The zero-order chi connectivity index (χ0) is 15.5. The van der Waals surface area contributed by atoms with Gasteiger partial charge in [0.2, 0.25) is 0 Å². The quantitative estimate of drug-likeness (QED) is 0.747. The van der Waals surface area contributed by atoms with E-state index in [-0.39, 0.29) is 5.91 Å². The maximum atomic E-state index is 12.6. The predicted molar refractivity (Wildman–Crippen MR) is 92.1 cm³/mol. The van der Waals surface area contributed by atoms with Crippen LogP contribution in [-0.4, -0.2) is 12.5 Å². The summed E-state index contributed by atoms with van der Waals surface area (Å²) < 4.78 is 6.72. The first-order valence-corrected chi connectivity index (χ1v) is 8.08. The van der Waals surface area contributed by atoms with Crippen LogP contribution < -0.4 is 10.1 Å². The second kappa shape index (κ2) is 6.20. The van der Waals surface area contributed by atoms with E-state index >= 15 is 0 Å². The molecule has 0 fully saturated rings. The molecule has 0 radical (unpaired) electrons. The zero-order valence-corrected chi connectivity index (χ0v) is 13.4. The van der Waals surface area contributed by atoms with Crippen LogP contribution in [0.2, 0.25) is 0 Å². The van der Waals surface area contributed by atoms with E-state index in [0.29, 0.717) is 23.6 Å². The molecule has 0 atom stereocenters. The third kappa shape index (κ3) is 2.83. The number of ether oxygens (including phenoxy) is 1. The molecule has 1 heterocycles. The first-order chi connectivity index (χ1) is 10.7. The highest BCUT2D eigenvalue weighted by molar-refractivity contribution is 7.17. The molecule has 112 valence electrons. The molecule has 3 rings (SSSR count). The van der Waals surface area contributed by atoms with Crippen LogP contribution in [0.25, 0.3) is 10.1 Å². The normalized spacial score (nSPS) is 10.6. The van der Waals surface area contributed by atoms with Crippen molar-refractivity contribution in [1.29, 1.82) is 0 Å². The molecular weight excluding hydrogens is 294 g/mol. The Labute approximate surface area is 133 Å². The lowest BCUT2D eigenvalue weighted by molar-refractivity contribution is 0.102. The summed E-state index contributed by atoms with van der Waals surface area (Å²) in [5.41, 5.74) is 2.50. The summed E-state index contributed by atoms with van der Waals surface area (Å²) >= 11 is 1.58. The van der Waals surface area contributed by atoms with Crippen molar-refractivity contribution in [2.24, 2.45) is 0 Å². The molecule has 0 unspecified atom stereocenters. The van der Waals surface area contributed by atoms with E-state index in [9.17, 15) is 4.79 Å². The molecule has 3 aromatic rings. The van der Waals surface area contributed by atoms with Gasteiger partial charge in [0.25, 0.3) is 5.91 Å². The summed E-state index contributed by atoms with van der Waals surface area (Å²) in [6, 6.07) is 13.7. The van der Waals surface area contributed by atoms with Crippen molar-refractivity contribution in [1.82, 2.24) is 0 Å². The number of hydrogen-bond donors (Lipinski definition) is 1. The Morgan fingerprint density at radius 3 is 2.86 bits per heavy atom. The Kier molecular flexibility index (Phi) is 4.11. The van der Waals surface area contributed by atoms with E-state index in [1.165, 1.54) is 0 Å². The molecule has 2 aromatic carbocycles. The minimum Gasteiger partial charge on any atom is -0.492 e. The van der Waals surface area contributed by atoms with E-state index in [1.807, 2.05) is 61.7 Å². The van der Waals surface area contributed by atoms with Crippen LogP contribution in [0.15, 0.2) is 47.8 Å². The summed E-state index contributed by atoms with van der Waals surface area (Å²) in [6.45, 7) is 4.49. The predicted octanol–water partition coefficient (Wildman–Crippen LogP) is 4.86. The number of amides is 1. The van der Waals surface area contributed by atoms with Gasteiger partial charge in [-0.3, -0.25) is 4.79 Å².